The first kappa shape index (κ1) is 26.3. The SMILES string of the molecule is C=C1NC(=C)N([C@@H]2O[C@](C)(COP(=O)(O)OP(=O)(O)OP(=O)(O)O)[C@H](O)C2F)C=C1C. The van der Waals surface area contributed by atoms with Crippen molar-refractivity contribution in [2.75, 3.05) is 6.61 Å². The Morgan fingerprint density at radius 2 is 1.81 bits per heavy atom. The monoisotopic (exact) mass is 510 g/mol. The average molecular weight is 510 g/mol. The highest BCUT2D eigenvalue weighted by molar-refractivity contribution is 7.66. The van der Waals surface area contributed by atoms with Gasteiger partial charge in [0.25, 0.3) is 0 Å². The van der Waals surface area contributed by atoms with E-state index in [4.69, 9.17) is 19.4 Å². The molecule has 18 heteroatoms. The van der Waals surface area contributed by atoms with Crippen LogP contribution in [0.4, 0.5) is 4.39 Å². The minimum Gasteiger partial charge on any atom is -0.387 e. The van der Waals surface area contributed by atoms with E-state index in [1.165, 1.54) is 11.1 Å². The molecule has 2 rings (SSSR count). The predicted molar refractivity (Wildman–Crippen MR) is 101 cm³/mol. The molecule has 2 aliphatic heterocycles. The first-order chi connectivity index (χ1) is 13.9. The molecule has 2 aliphatic rings. The zero-order valence-corrected chi connectivity index (χ0v) is 18.9. The number of phosphoric acid groups is 3. The Kier molecular flexibility index (Phi) is 7.46. The summed E-state index contributed by atoms with van der Waals surface area (Å²) in [5, 5.41) is 13.1. The van der Waals surface area contributed by atoms with Crippen molar-refractivity contribution in [1.82, 2.24) is 10.2 Å². The molecule has 0 saturated carbocycles. The first-order valence-corrected chi connectivity index (χ1v) is 12.8. The summed E-state index contributed by atoms with van der Waals surface area (Å²) in [6, 6.07) is 0. The van der Waals surface area contributed by atoms with Gasteiger partial charge in [-0.1, -0.05) is 13.2 Å². The predicted octanol–water partition coefficient (Wildman–Crippen LogP) is 0.938. The summed E-state index contributed by atoms with van der Waals surface area (Å²) in [6.45, 7) is 9.20. The number of alkyl halides is 1. The third kappa shape index (κ3) is 6.55. The van der Waals surface area contributed by atoms with Crippen molar-refractivity contribution in [1.29, 1.82) is 0 Å². The molecule has 1 saturated heterocycles. The molecule has 0 bridgehead atoms. The second kappa shape index (κ2) is 8.79. The fourth-order valence-electron chi connectivity index (χ4n) is 2.67. The van der Waals surface area contributed by atoms with E-state index < -0.39 is 54.2 Å². The molecule has 3 unspecified atom stereocenters. The highest BCUT2D eigenvalue weighted by Crippen LogP contribution is 2.66. The highest BCUT2D eigenvalue weighted by atomic mass is 31.3. The molecule has 0 aromatic carbocycles. The van der Waals surface area contributed by atoms with Crippen LogP contribution in [0.25, 0.3) is 0 Å². The average Bonchev–Trinajstić information content (AvgIpc) is 2.78. The number of rotatable bonds is 8. The van der Waals surface area contributed by atoms with Crippen LogP contribution in [0.2, 0.25) is 0 Å². The maximum absolute atomic E-state index is 14.8. The summed E-state index contributed by atoms with van der Waals surface area (Å²) in [4.78, 5) is 37.0. The Morgan fingerprint density at radius 3 is 2.35 bits per heavy atom. The second-order valence-electron chi connectivity index (χ2n) is 6.84. The van der Waals surface area contributed by atoms with E-state index in [9.17, 15) is 28.1 Å². The molecular formula is C13H22FN2O12P3. The number of halogens is 1. The zero-order valence-electron chi connectivity index (χ0n) is 16.2. The quantitative estimate of drug-likeness (QED) is 0.252. The number of nitrogens with zero attached hydrogens (tertiary/aromatic N) is 1. The lowest BCUT2D eigenvalue weighted by Crippen LogP contribution is -2.43. The lowest BCUT2D eigenvalue weighted by molar-refractivity contribution is -0.122. The van der Waals surface area contributed by atoms with Gasteiger partial charge in [0, 0.05) is 11.9 Å². The van der Waals surface area contributed by atoms with Crippen LogP contribution in [0, 0.1) is 0 Å². The van der Waals surface area contributed by atoms with Gasteiger partial charge in [0.15, 0.2) is 12.4 Å². The van der Waals surface area contributed by atoms with Crippen molar-refractivity contribution in [2.24, 2.45) is 0 Å². The Bertz CT molecular complexity index is 937. The topological polar surface area (TPSA) is 205 Å². The summed E-state index contributed by atoms with van der Waals surface area (Å²) in [7, 11) is -16.8. The normalized spacial score (nSPS) is 33.5. The molecule has 14 nitrogen and oxygen atoms in total. The van der Waals surface area contributed by atoms with Crippen LogP contribution in [0.5, 0.6) is 0 Å². The van der Waals surface area contributed by atoms with Gasteiger partial charge in [-0.3, -0.25) is 4.52 Å². The number of ether oxygens (including phenoxy) is 1. The Morgan fingerprint density at radius 1 is 1.23 bits per heavy atom. The van der Waals surface area contributed by atoms with Gasteiger partial charge in [0.2, 0.25) is 0 Å². The van der Waals surface area contributed by atoms with E-state index in [0.29, 0.717) is 11.3 Å². The van der Waals surface area contributed by atoms with Crippen LogP contribution >= 0.6 is 23.5 Å². The highest BCUT2D eigenvalue weighted by Gasteiger charge is 2.56. The van der Waals surface area contributed by atoms with E-state index in [2.05, 4.69) is 31.6 Å². The Hall–Kier alpha value is -0.920. The standard InChI is InChI=1S/C13H22FN2O12P3/c1-7-5-16(9(3)15-8(7)2)12-10(14)11(17)13(4,26-12)6-25-30(21,22)28-31(23,24)27-29(18,19)20/h5,10-12,15,17H,2-3,6H2,1,4H3,(H,21,22)(H,23,24)(H2,18,19,20)/t10?,11-,12-,13-/m1/s1. The Labute approximate surface area is 176 Å². The van der Waals surface area contributed by atoms with Crippen molar-refractivity contribution in [3.05, 3.63) is 36.4 Å². The molecule has 6 atom stereocenters. The number of aliphatic hydroxyl groups is 1. The van der Waals surface area contributed by atoms with E-state index in [1.54, 1.807) is 6.92 Å². The van der Waals surface area contributed by atoms with E-state index in [1.807, 2.05) is 0 Å². The molecule has 2 heterocycles. The third-order valence-corrected chi connectivity index (χ3v) is 7.99. The van der Waals surface area contributed by atoms with Crippen LogP contribution in [-0.2, 0) is 31.6 Å². The summed E-state index contributed by atoms with van der Waals surface area (Å²) >= 11 is 0. The smallest absolute Gasteiger partial charge is 0.387 e. The number of phosphoric ester groups is 1. The van der Waals surface area contributed by atoms with Crippen molar-refractivity contribution in [3.63, 3.8) is 0 Å². The van der Waals surface area contributed by atoms with Crippen molar-refractivity contribution < 1.29 is 60.6 Å². The number of aliphatic hydroxyl groups excluding tert-OH is 1. The van der Waals surface area contributed by atoms with Crippen LogP contribution in [-0.4, -0.2) is 60.3 Å². The molecule has 0 aromatic heterocycles. The Balaban J connectivity index is 2.12. The maximum atomic E-state index is 14.8. The first-order valence-electron chi connectivity index (χ1n) is 8.26. The molecule has 1 fully saturated rings. The molecule has 6 N–H and O–H groups in total. The van der Waals surface area contributed by atoms with Crippen molar-refractivity contribution in [2.45, 2.75) is 38.0 Å². The lowest BCUT2D eigenvalue weighted by atomic mass is 9.99. The zero-order chi connectivity index (χ0) is 24.0. The molecule has 0 amide bonds. The molecule has 31 heavy (non-hydrogen) atoms. The van der Waals surface area contributed by atoms with Gasteiger partial charge in [0.1, 0.15) is 17.5 Å². The molecule has 178 valence electrons. The number of nitrogens with one attached hydrogen (secondary N) is 1. The van der Waals surface area contributed by atoms with Crippen LogP contribution < -0.4 is 5.32 Å². The van der Waals surface area contributed by atoms with Gasteiger partial charge in [0.05, 0.1) is 6.61 Å². The third-order valence-electron chi connectivity index (χ3n) is 4.21. The van der Waals surface area contributed by atoms with E-state index in [-0.39, 0.29) is 5.82 Å². The van der Waals surface area contributed by atoms with Gasteiger partial charge in [-0.25, -0.2) is 18.1 Å². The number of hydrogen-bond donors (Lipinski definition) is 6. The molecule has 0 aromatic rings. The van der Waals surface area contributed by atoms with Gasteiger partial charge in [-0.05, 0) is 19.4 Å². The fourth-order valence-corrected chi connectivity index (χ4v) is 5.79. The molecule has 0 spiro atoms. The summed E-state index contributed by atoms with van der Waals surface area (Å²) < 4.78 is 65.8. The van der Waals surface area contributed by atoms with Crippen LogP contribution in [0.1, 0.15) is 13.8 Å². The van der Waals surface area contributed by atoms with Gasteiger partial charge >= 0.3 is 23.5 Å². The molecular weight excluding hydrogens is 488 g/mol. The van der Waals surface area contributed by atoms with E-state index >= 15 is 0 Å². The van der Waals surface area contributed by atoms with Gasteiger partial charge in [-0.2, -0.15) is 8.62 Å². The number of allylic oxidation sites excluding steroid dienone is 1. The van der Waals surface area contributed by atoms with Crippen LogP contribution in [0.3, 0.4) is 0 Å². The summed E-state index contributed by atoms with van der Waals surface area (Å²) in [6.07, 6.45) is -3.92. The van der Waals surface area contributed by atoms with Crippen molar-refractivity contribution in [3.8, 4) is 0 Å². The van der Waals surface area contributed by atoms with Crippen molar-refractivity contribution >= 4 is 23.5 Å². The second-order valence-corrected chi connectivity index (χ2v) is 11.3. The fraction of sp³-hybridized carbons (Fsp3) is 0.538. The minimum atomic E-state index is -5.72. The van der Waals surface area contributed by atoms with Crippen LogP contribution in [0.15, 0.2) is 36.4 Å². The molecule has 0 radical (unpaired) electrons. The summed E-state index contributed by atoms with van der Waals surface area (Å²) in [5.41, 5.74) is -0.837. The summed E-state index contributed by atoms with van der Waals surface area (Å²) in [5.74, 6) is 0.174. The van der Waals surface area contributed by atoms with E-state index in [0.717, 1.165) is 6.92 Å². The maximum Gasteiger partial charge on any atom is 0.490 e. The van der Waals surface area contributed by atoms with Gasteiger partial charge < -0.3 is 39.6 Å². The van der Waals surface area contributed by atoms with Gasteiger partial charge in [-0.15, -0.1) is 0 Å². The lowest BCUT2D eigenvalue weighted by Gasteiger charge is -2.35. The largest absolute Gasteiger partial charge is 0.490 e. The minimum absolute atomic E-state index is 0.174. The number of hydrogen-bond acceptors (Lipinski definition) is 10. The molecule has 0 aliphatic carbocycles.